The number of ether oxygens (including phenoxy) is 1. The van der Waals surface area contributed by atoms with Gasteiger partial charge in [0.05, 0.1) is 23.1 Å². The summed E-state index contributed by atoms with van der Waals surface area (Å²) in [6.45, 7) is 0.0827. The molecule has 4 rings (SSSR count). The molecule has 2 aromatic heterocycles. The molecule has 0 aliphatic carbocycles. The quantitative estimate of drug-likeness (QED) is 0.543. The van der Waals surface area contributed by atoms with Gasteiger partial charge in [-0.05, 0) is 18.2 Å². The summed E-state index contributed by atoms with van der Waals surface area (Å²) in [5.41, 5.74) is 0.874. The topological polar surface area (TPSA) is 80.6 Å². The Morgan fingerprint density at radius 1 is 1.03 bits per heavy atom. The molecule has 0 bridgehead atoms. The van der Waals surface area contributed by atoms with E-state index in [0.717, 1.165) is 0 Å². The number of alkyl halides is 3. The number of pyridine rings is 1. The SMILES string of the molecule is O=C(c1ccc(OCC(F)(F)F)nc1)N1CCN(c2cnn(-c3ccccc3)c(=O)c2Cl)CC1. The van der Waals surface area contributed by atoms with Crippen LogP contribution in [-0.2, 0) is 0 Å². The number of para-hydroxylation sites is 1. The fourth-order valence-corrected chi connectivity index (χ4v) is 3.73. The zero-order valence-electron chi connectivity index (χ0n) is 17.7. The molecule has 3 heterocycles. The van der Waals surface area contributed by atoms with Crippen LogP contribution in [0.3, 0.4) is 0 Å². The number of hydrogen-bond donors (Lipinski definition) is 0. The Labute approximate surface area is 197 Å². The summed E-state index contributed by atoms with van der Waals surface area (Å²) in [4.78, 5) is 32.7. The maximum atomic E-state index is 12.7. The minimum Gasteiger partial charge on any atom is -0.468 e. The first-order chi connectivity index (χ1) is 16.2. The van der Waals surface area contributed by atoms with E-state index in [1.807, 2.05) is 11.0 Å². The smallest absolute Gasteiger partial charge is 0.422 e. The van der Waals surface area contributed by atoms with Gasteiger partial charge in [0.2, 0.25) is 5.88 Å². The molecule has 1 saturated heterocycles. The molecule has 0 radical (unpaired) electrons. The molecule has 3 aromatic rings. The molecule has 0 N–H and O–H groups in total. The van der Waals surface area contributed by atoms with Gasteiger partial charge in [-0.3, -0.25) is 9.59 Å². The molecule has 0 unspecified atom stereocenters. The van der Waals surface area contributed by atoms with Crippen LogP contribution < -0.4 is 15.2 Å². The van der Waals surface area contributed by atoms with E-state index in [1.165, 1.54) is 29.2 Å². The third-order valence-corrected chi connectivity index (χ3v) is 5.53. The van der Waals surface area contributed by atoms with Gasteiger partial charge in [0, 0.05) is 38.4 Å². The van der Waals surface area contributed by atoms with E-state index in [2.05, 4.69) is 14.8 Å². The normalized spacial score (nSPS) is 14.2. The number of anilines is 1. The van der Waals surface area contributed by atoms with Gasteiger partial charge in [-0.2, -0.15) is 23.0 Å². The third kappa shape index (κ3) is 5.30. The van der Waals surface area contributed by atoms with Crippen LogP contribution in [0.15, 0.2) is 59.7 Å². The van der Waals surface area contributed by atoms with Crippen LogP contribution in [0, 0.1) is 0 Å². The van der Waals surface area contributed by atoms with Crippen LogP contribution >= 0.6 is 11.6 Å². The largest absolute Gasteiger partial charge is 0.468 e. The summed E-state index contributed by atoms with van der Waals surface area (Å²) in [6, 6.07) is 11.5. The van der Waals surface area contributed by atoms with Crippen LogP contribution in [0.4, 0.5) is 18.9 Å². The van der Waals surface area contributed by atoms with Crippen LogP contribution in [0.2, 0.25) is 5.02 Å². The molecule has 1 aliphatic heterocycles. The van der Waals surface area contributed by atoms with Crippen molar-refractivity contribution in [3.63, 3.8) is 0 Å². The third-order valence-electron chi connectivity index (χ3n) is 5.18. The molecule has 0 spiro atoms. The zero-order valence-corrected chi connectivity index (χ0v) is 18.5. The summed E-state index contributed by atoms with van der Waals surface area (Å²) in [6.07, 6.45) is -1.76. The van der Waals surface area contributed by atoms with Crippen molar-refractivity contribution >= 4 is 23.2 Å². The highest BCUT2D eigenvalue weighted by Gasteiger charge is 2.29. The van der Waals surface area contributed by atoms with Gasteiger partial charge < -0.3 is 14.5 Å². The molecule has 178 valence electrons. The maximum absolute atomic E-state index is 12.7. The molecule has 1 aliphatic rings. The first-order valence-electron chi connectivity index (χ1n) is 10.3. The number of nitrogens with zero attached hydrogens (tertiary/aromatic N) is 5. The lowest BCUT2D eigenvalue weighted by molar-refractivity contribution is -0.154. The Morgan fingerprint density at radius 3 is 2.35 bits per heavy atom. The highest BCUT2D eigenvalue weighted by atomic mass is 35.5. The van der Waals surface area contributed by atoms with Crippen molar-refractivity contribution < 1.29 is 22.7 Å². The number of hydrogen-bond acceptors (Lipinski definition) is 6. The maximum Gasteiger partial charge on any atom is 0.422 e. The summed E-state index contributed by atoms with van der Waals surface area (Å²) >= 11 is 6.36. The summed E-state index contributed by atoms with van der Waals surface area (Å²) in [5, 5.41) is 4.27. The van der Waals surface area contributed by atoms with Crippen LogP contribution in [0.25, 0.3) is 5.69 Å². The van der Waals surface area contributed by atoms with Gasteiger partial charge in [0.1, 0.15) is 5.02 Å². The average Bonchev–Trinajstić information content (AvgIpc) is 2.84. The molecule has 0 atom stereocenters. The van der Waals surface area contributed by atoms with E-state index in [0.29, 0.717) is 37.6 Å². The molecule has 34 heavy (non-hydrogen) atoms. The second-order valence-corrected chi connectivity index (χ2v) is 7.84. The van der Waals surface area contributed by atoms with E-state index < -0.39 is 18.3 Å². The number of amides is 1. The van der Waals surface area contributed by atoms with Crippen molar-refractivity contribution in [2.45, 2.75) is 6.18 Å². The van der Waals surface area contributed by atoms with Gasteiger partial charge in [-0.25, -0.2) is 4.98 Å². The predicted molar refractivity (Wildman–Crippen MR) is 119 cm³/mol. The molecule has 0 saturated carbocycles. The standard InChI is InChI=1S/C22H19ClF3N5O3/c23-19-17(13-28-31(21(19)33)16-4-2-1-3-5-16)29-8-10-30(11-9-29)20(32)15-6-7-18(27-12-15)34-14-22(24,25)26/h1-7,12-13H,8-11,14H2. The highest BCUT2D eigenvalue weighted by molar-refractivity contribution is 6.33. The van der Waals surface area contributed by atoms with Crippen LogP contribution in [0.1, 0.15) is 10.4 Å². The van der Waals surface area contributed by atoms with Gasteiger partial charge in [-0.15, -0.1) is 0 Å². The van der Waals surface area contributed by atoms with Crippen molar-refractivity contribution in [1.29, 1.82) is 0 Å². The second kappa shape index (κ2) is 9.72. The summed E-state index contributed by atoms with van der Waals surface area (Å²) in [5.74, 6) is -0.524. The van der Waals surface area contributed by atoms with Gasteiger partial charge in [0.25, 0.3) is 11.5 Å². The first-order valence-corrected chi connectivity index (χ1v) is 10.6. The Hall–Kier alpha value is -3.60. The van der Waals surface area contributed by atoms with E-state index in [1.54, 1.807) is 29.2 Å². The first kappa shape index (κ1) is 23.6. The molecular formula is C22H19ClF3N5O3. The van der Waals surface area contributed by atoms with Crippen molar-refractivity contribution in [3.05, 3.63) is 75.8 Å². The van der Waals surface area contributed by atoms with Crippen molar-refractivity contribution in [3.8, 4) is 11.6 Å². The molecule has 1 fully saturated rings. The minimum atomic E-state index is -4.47. The lowest BCUT2D eigenvalue weighted by atomic mass is 10.2. The molecule has 1 amide bonds. The Balaban J connectivity index is 1.39. The van der Waals surface area contributed by atoms with Crippen LogP contribution in [0.5, 0.6) is 5.88 Å². The molecule has 12 heteroatoms. The average molecular weight is 494 g/mol. The van der Waals surface area contributed by atoms with E-state index in [9.17, 15) is 22.8 Å². The number of benzene rings is 1. The predicted octanol–water partition coefficient (Wildman–Crippen LogP) is 3.18. The number of rotatable bonds is 5. The number of aromatic nitrogens is 3. The summed E-state index contributed by atoms with van der Waals surface area (Å²) < 4.78 is 42.5. The summed E-state index contributed by atoms with van der Waals surface area (Å²) in [7, 11) is 0. The van der Waals surface area contributed by atoms with Crippen molar-refractivity contribution in [1.82, 2.24) is 19.7 Å². The molecular weight excluding hydrogens is 475 g/mol. The fraction of sp³-hybridized carbons (Fsp3) is 0.273. The fourth-order valence-electron chi connectivity index (χ4n) is 3.48. The number of halogens is 4. The number of carbonyl (C=O) groups excluding carboxylic acids is 1. The van der Waals surface area contributed by atoms with E-state index >= 15 is 0 Å². The molecule has 8 nitrogen and oxygen atoms in total. The Kier molecular flexibility index (Phi) is 6.73. The second-order valence-electron chi connectivity index (χ2n) is 7.46. The van der Waals surface area contributed by atoms with Gasteiger partial charge in [-0.1, -0.05) is 29.8 Å². The monoisotopic (exact) mass is 493 g/mol. The zero-order chi connectivity index (χ0) is 24.3. The Bertz CT molecular complexity index is 1210. The van der Waals surface area contributed by atoms with Crippen LogP contribution in [-0.4, -0.2) is 64.5 Å². The van der Waals surface area contributed by atoms with E-state index in [-0.39, 0.29) is 22.4 Å². The lowest BCUT2D eigenvalue weighted by Gasteiger charge is -2.36. The highest BCUT2D eigenvalue weighted by Crippen LogP contribution is 2.24. The minimum absolute atomic E-state index is 0.0391. The van der Waals surface area contributed by atoms with Crippen molar-refractivity contribution in [2.75, 3.05) is 37.7 Å². The number of carbonyl (C=O) groups is 1. The van der Waals surface area contributed by atoms with E-state index in [4.69, 9.17) is 11.6 Å². The van der Waals surface area contributed by atoms with Gasteiger partial charge >= 0.3 is 6.18 Å². The molecule has 1 aromatic carbocycles. The number of piperazine rings is 1. The lowest BCUT2D eigenvalue weighted by Crippen LogP contribution is -2.49. The Morgan fingerprint density at radius 2 is 1.74 bits per heavy atom. The van der Waals surface area contributed by atoms with Gasteiger partial charge in [0.15, 0.2) is 6.61 Å². The van der Waals surface area contributed by atoms with Crippen molar-refractivity contribution in [2.24, 2.45) is 0 Å².